The number of hydrogen-bond donors (Lipinski definition) is 1. The van der Waals surface area contributed by atoms with Gasteiger partial charge in [-0.1, -0.05) is 0 Å². The molecule has 24 heavy (non-hydrogen) atoms. The maximum atomic E-state index is 12.4. The molecule has 7 nitrogen and oxygen atoms in total. The lowest BCUT2D eigenvalue weighted by molar-refractivity contribution is -0.117. The van der Waals surface area contributed by atoms with Gasteiger partial charge in [-0.05, 0) is 37.6 Å². The van der Waals surface area contributed by atoms with Crippen LogP contribution in [0.15, 0.2) is 33.6 Å². The third-order valence-electron chi connectivity index (χ3n) is 3.95. The summed E-state index contributed by atoms with van der Waals surface area (Å²) in [6.45, 7) is 4.19. The zero-order valence-corrected chi connectivity index (χ0v) is 14.4. The number of carbonyl (C=O) groups excluding carboxylic acids is 1. The Balaban J connectivity index is 1.72. The second-order valence-corrected chi connectivity index (χ2v) is 7.48. The predicted octanol–water partition coefficient (Wildman–Crippen LogP) is 1.90. The van der Waals surface area contributed by atoms with Crippen molar-refractivity contribution in [2.45, 2.75) is 38.1 Å². The van der Waals surface area contributed by atoms with Gasteiger partial charge in [0.25, 0.3) is 0 Å². The summed E-state index contributed by atoms with van der Waals surface area (Å²) in [6.07, 6.45) is 1.37. The van der Waals surface area contributed by atoms with Gasteiger partial charge in [-0.2, -0.15) is 0 Å². The van der Waals surface area contributed by atoms with Crippen LogP contribution in [0.2, 0.25) is 0 Å². The standard InChI is InChI=1S/C16H19N3O4S/c1-11-15(23-12(2)18-11)10-17-24(21,22)14-7-5-13(6-8-14)19-9-3-4-16(19)20/h5-8,17H,3-4,9-10H2,1-2H3. The van der Waals surface area contributed by atoms with Crippen molar-refractivity contribution in [2.75, 3.05) is 11.4 Å². The van der Waals surface area contributed by atoms with E-state index >= 15 is 0 Å². The number of amides is 1. The molecule has 1 aliphatic heterocycles. The summed E-state index contributed by atoms with van der Waals surface area (Å²) in [5, 5.41) is 0. The van der Waals surface area contributed by atoms with Crippen molar-refractivity contribution in [3.63, 3.8) is 0 Å². The molecule has 0 aliphatic carbocycles. The molecule has 0 bridgehead atoms. The molecule has 1 N–H and O–H groups in total. The Hall–Kier alpha value is -2.19. The molecule has 0 unspecified atom stereocenters. The van der Waals surface area contributed by atoms with Crippen molar-refractivity contribution in [3.8, 4) is 0 Å². The first-order chi connectivity index (χ1) is 11.4. The maximum Gasteiger partial charge on any atom is 0.240 e. The Labute approximate surface area is 140 Å². The van der Waals surface area contributed by atoms with Gasteiger partial charge in [-0.25, -0.2) is 18.1 Å². The van der Waals surface area contributed by atoms with Crippen LogP contribution < -0.4 is 9.62 Å². The molecule has 1 aromatic carbocycles. The first-order valence-electron chi connectivity index (χ1n) is 7.70. The van der Waals surface area contributed by atoms with E-state index in [4.69, 9.17) is 4.42 Å². The van der Waals surface area contributed by atoms with Crippen LogP contribution in [0.4, 0.5) is 5.69 Å². The van der Waals surface area contributed by atoms with E-state index in [2.05, 4.69) is 9.71 Å². The van der Waals surface area contributed by atoms with E-state index in [1.807, 2.05) is 0 Å². The lowest BCUT2D eigenvalue weighted by Crippen LogP contribution is -2.25. The SMILES string of the molecule is Cc1nc(C)c(CNS(=O)(=O)c2ccc(N3CCCC3=O)cc2)o1. The van der Waals surface area contributed by atoms with Crippen molar-refractivity contribution < 1.29 is 17.6 Å². The molecule has 1 saturated heterocycles. The van der Waals surface area contributed by atoms with E-state index in [1.165, 1.54) is 12.1 Å². The second kappa shape index (κ2) is 6.37. The molecule has 2 heterocycles. The first-order valence-corrected chi connectivity index (χ1v) is 9.18. The quantitative estimate of drug-likeness (QED) is 0.890. The number of carbonyl (C=O) groups is 1. The summed E-state index contributed by atoms with van der Waals surface area (Å²) in [7, 11) is -3.66. The van der Waals surface area contributed by atoms with Crippen LogP contribution >= 0.6 is 0 Å². The molecule has 1 aromatic heterocycles. The van der Waals surface area contributed by atoms with Gasteiger partial charge in [0.1, 0.15) is 5.76 Å². The molecule has 128 valence electrons. The highest BCUT2D eigenvalue weighted by Gasteiger charge is 2.22. The smallest absolute Gasteiger partial charge is 0.240 e. The third-order valence-corrected chi connectivity index (χ3v) is 5.37. The summed E-state index contributed by atoms with van der Waals surface area (Å²) in [5.41, 5.74) is 1.39. The topological polar surface area (TPSA) is 92.5 Å². The molecule has 0 spiro atoms. The third kappa shape index (κ3) is 3.34. The van der Waals surface area contributed by atoms with Gasteiger partial charge in [0.2, 0.25) is 15.9 Å². The van der Waals surface area contributed by atoms with Gasteiger partial charge in [-0.15, -0.1) is 0 Å². The molecule has 8 heteroatoms. The van der Waals surface area contributed by atoms with Crippen molar-refractivity contribution in [3.05, 3.63) is 41.6 Å². The van der Waals surface area contributed by atoms with Crippen LogP contribution in [0.1, 0.15) is 30.2 Å². The number of oxazole rings is 1. The zero-order valence-electron chi connectivity index (χ0n) is 13.6. The zero-order chi connectivity index (χ0) is 17.3. The number of benzene rings is 1. The number of sulfonamides is 1. The summed E-state index contributed by atoms with van der Waals surface area (Å²) in [5.74, 6) is 1.07. The van der Waals surface area contributed by atoms with Crippen LogP contribution in [0.25, 0.3) is 0 Å². The fraction of sp³-hybridized carbons (Fsp3) is 0.375. The van der Waals surface area contributed by atoms with Gasteiger partial charge in [0, 0.05) is 25.6 Å². The Bertz CT molecular complexity index is 856. The minimum atomic E-state index is -3.66. The van der Waals surface area contributed by atoms with E-state index in [0.717, 1.165) is 12.1 Å². The molecule has 2 aromatic rings. The Morgan fingerprint density at radius 3 is 2.50 bits per heavy atom. The maximum absolute atomic E-state index is 12.4. The monoisotopic (exact) mass is 349 g/mol. The van der Waals surface area contributed by atoms with E-state index in [0.29, 0.717) is 30.3 Å². The van der Waals surface area contributed by atoms with E-state index in [1.54, 1.807) is 30.9 Å². The summed E-state index contributed by atoms with van der Waals surface area (Å²) >= 11 is 0. The highest BCUT2D eigenvalue weighted by molar-refractivity contribution is 7.89. The average Bonchev–Trinajstić information content (AvgIpc) is 3.10. The summed E-state index contributed by atoms with van der Waals surface area (Å²) in [6, 6.07) is 6.31. The van der Waals surface area contributed by atoms with Crippen LogP contribution in [0.3, 0.4) is 0 Å². The molecular weight excluding hydrogens is 330 g/mol. The number of anilines is 1. The highest BCUT2D eigenvalue weighted by atomic mass is 32.2. The average molecular weight is 349 g/mol. The van der Waals surface area contributed by atoms with Crippen molar-refractivity contribution >= 4 is 21.6 Å². The van der Waals surface area contributed by atoms with Crippen LogP contribution in [0.5, 0.6) is 0 Å². The van der Waals surface area contributed by atoms with Gasteiger partial charge in [-0.3, -0.25) is 4.79 Å². The number of rotatable bonds is 5. The van der Waals surface area contributed by atoms with Gasteiger partial charge in [0.15, 0.2) is 5.89 Å². The van der Waals surface area contributed by atoms with E-state index in [9.17, 15) is 13.2 Å². The van der Waals surface area contributed by atoms with Gasteiger partial charge >= 0.3 is 0 Å². The number of nitrogens with one attached hydrogen (secondary N) is 1. The fourth-order valence-corrected chi connectivity index (χ4v) is 3.69. The van der Waals surface area contributed by atoms with Gasteiger partial charge < -0.3 is 9.32 Å². The lowest BCUT2D eigenvalue weighted by Gasteiger charge is -2.16. The van der Waals surface area contributed by atoms with Crippen LogP contribution in [-0.2, 0) is 21.4 Å². The molecule has 3 rings (SSSR count). The Morgan fingerprint density at radius 1 is 1.25 bits per heavy atom. The summed E-state index contributed by atoms with van der Waals surface area (Å²) in [4.78, 5) is 17.7. The van der Waals surface area contributed by atoms with Crippen molar-refractivity contribution in [2.24, 2.45) is 0 Å². The lowest BCUT2D eigenvalue weighted by atomic mass is 10.3. The largest absolute Gasteiger partial charge is 0.444 e. The molecule has 0 radical (unpaired) electrons. The first kappa shape index (κ1) is 16.7. The van der Waals surface area contributed by atoms with Crippen molar-refractivity contribution in [1.82, 2.24) is 9.71 Å². The summed E-state index contributed by atoms with van der Waals surface area (Å²) < 4.78 is 32.6. The molecule has 0 atom stereocenters. The molecule has 1 fully saturated rings. The number of aromatic nitrogens is 1. The Kier molecular flexibility index (Phi) is 4.42. The molecule has 1 amide bonds. The second-order valence-electron chi connectivity index (χ2n) is 5.71. The number of nitrogens with zero attached hydrogens (tertiary/aromatic N) is 2. The molecule has 0 saturated carbocycles. The molecule has 1 aliphatic rings. The van der Waals surface area contributed by atoms with Gasteiger partial charge in [0.05, 0.1) is 17.1 Å². The normalized spacial score (nSPS) is 15.2. The van der Waals surface area contributed by atoms with Crippen molar-refractivity contribution in [1.29, 1.82) is 0 Å². The highest BCUT2D eigenvalue weighted by Crippen LogP contribution is 2.23. The van der Waals surface area contributed by atoms with Crippen LogP contribution in [-0.4, -0.2) is 25.9 Å². The number of hydrogen-bond acceptors (Lipinski definition) is 5. The fourth-order valence-electron chi connectivity index (χ4n) is 2.71. The van der Waals surface area contributed by atoms with E-state index in [-0.39, 0.29) is 17.3 Å². The molecular formula is C16H19N3O4S. The number of aryl methyl sites for hydroxylation is 2. The minimum Gasteiger partial charge on any atom is -0.444 e. The van der Waals surface area contributed by atoms with Crippen LogP contribution in [0, 0.1) is 13.8 Å². The van der Waals surface area contributed by atoms with E-state index < -0.39 is 10.0 Å². The Morgan fingerprint density at radius 2 is 1.96 bits per heavy atom. The minimum absolute atomic E-state index is 0.0430. The predicted molar refractivity (Wildman–Crippen MR) is 88.0 cm³/mol.